The van der Waals surface area contributed by atoms with Crippen molar-refractivity contribution in [2.75, 3.05) is 7.11 Å². The summed E-state index contributed by atoms with van der Waals surface area (Å²) < 4.78 is 10.8. The molecule has 24 heavy (non-hydrogen) atoms. The second-order valence-electron chi connectivity index (χ2n) is 5.09. The Morgan fingerprint density at radius 3 is 2.00 bits per heavy atom. The van der Waals surface area contributed by atoms with Crippen LogP contribution in [0.2, 0.25) is 0 Å². The molecule has 0 unspecified atom stereocenters. The fraction of sp³-hybridized carbons (Fsp3) is 0.222. The number of carbonyl (C=O) groups excluding carboxylic acids is 1. The van der Waals surface area contributed by atoms with Gasteiger partial charge < -0.3 is 19.9 Å². The minimum atomic E-state index is -0.981. The van der Waals surface area contributed by atoms with E-state index >= 15 is 0 Å². The summed E-state index contributed by atoms with van der Waals surface area (Å²) in [5.41, 5.74) is 0.903. The van der Waals surface area contributed by atoms with Crippen LogP contribution >= 0.6 is 0 Å². The molecule has 2 N–H and O–H groups in total. The molecular weight excluding hydrogens is 310 g/mol. The number of methoxy groups -OCH3 is 1. The number of ether oxygens (including phenoxy) is 2. The molecule has 0 radical (unpaired) electrons. The Kier molecular flexibility index (Phi) is 6.19. The van der Waals surface area contributed by atoms with Crippen molar-refractivity contribution in [1.82, 2.24) is 5.32 Å². The molecule has 0 spiro atoms. The van der Waals surface area contributed by atoms with Crippen molar-refractivity contribution in [3.8, 4) is 17.2 Å². The number of hydrogen-bond donors (Lipinski definition) is 2. The highest BCUT2D eigenvalue weighted by molar-refractivity contribution is 5.80. The standard InChI is InChI=1S/C18H19NO5/c1-23-14-6-8-16(9-7-14)24-15-4-2-13(3-5-15)12-19-17(20)10-11-18(21)22/h2-9H,10-12H2,1H3,(H,19,20)(H,21,22). The summed E-state index contributed by atoms with van der Waals surface area (Å²) in [5.74, 6) is 0.879. The molecule has 6 heteroatoms. The SMILES string of the molecule is COc1ccc(Oc2ccc(CNC(=O)CCC(=O)O)cc2)cc1. The Balaban J connectivity index is 1.83. The highest BCUT2D eigenvalue weighted by Gasteiger charge is 2.05. The molecule has 126 valence electrons. The van der Waals surface area contributed by atoms with Gasteiger partial charge in [-0.15, -0.1) is 0 Å². The third-order valence-corrected chi connectivity index (χ3v) is 3.27. The Hall–Kier alpha value is -3.02. The van der Waals surface area contributed by atoms with Crippen LogP contribution in [0.3, 0.4) is 0 Å². The van der Waals surface area contributed by atoms with E-state index in [0.29, 0.717) is 18.0 Å². The van der Waals surface area contributed by atoms with Gasteiger partial charge in [0.05, 0.1) is 13.5 Å². The predicted molar refractivity (Wildman–Crippen MR) is 88.2 cm³/mol. The minimum Gasteiger partial charge on any atom is -0.497 e. The zero-order valence-electron chi connectivity index (χ0n) is 13.3. The van der Waals surface area contributed by atoms with Crippen LogP contribution in [0.15, 0.2) is 48.5 Å². The quantitative estimate of drug-likeness (QED) is 0.778. The first-order valence-corrected chi connectivity index (χ1v) is 7.46. The molecular formula is C18H19NO5. The van der Waals surface area contributed by atoms with E-state index in [2.05, 4.69) is 5.32 Å². The van der Waals surface area contributed by atoms with E-state index in [1.807, 2.05) is 48.5 Å². The fourth-order valence-corrected chi connectivity index (χ4v) is 1.96. The Bertz CT molecular complexity index is 680. The smallest absolute Gasteiger partial charge is 0.303 e. The van der Waals surface area contributed by atoms with E-state index < -0.39 is 5.97 Å². The molecule has 0 atom stereocenters. The highest BCUT2D eigenvalue weighted by Crippen LogP contribution is 2.23. The zero-order chi connectivity index (χ0) is 17.4. The van der Waals surface area contributed by atoms with Gasteiger partial charge in [0.25, 0.3) is 0 Å². The second-order valence-corrected chi connectivity index (χ2v) is 5.09. The number of rotatable bonds is 8. The molecule has 2 aromatic rings. The van der Waals surface area contributed by atoms with Gasteiger partial charge in [-0.05, 0) is 42.0 Å². The van der Waals surface area contributed by atoms with Gasteiger partial charge in [-0.25, -0.2) is 0 Å². The predicted octanol–water partition coefficient (Wildman–Crippen LogP) is 2.97. The van der Waals surface area contributed by atoms with Gasteiger partial charge in [-0.3, -0.25) is 9.59 Å². The maximum absolute atomic E-state index is 11.5. The lowest BCUT2D eigenvalue weighted by Crippen LogP contribution is -2.23. The summed E-state index contributed by atoms with van der Waals surface area (Å²) in [6.07, 6.45) is -0.186. The summed E-state index contributed by atoms with van der Waals surface area (Å²) in [7, 11) is 1.61. The largest absolute Gasteiger partial charge is 0.497 e. The molecule has 6 nitrogen and oxygen atoms in total. The molecule has 1 amide bonds. The monoisotopic (exact) mass is 329 g/mol. The number of amides is 1. The first kappa shape index (κ1) is 17.3. The Morgan fingerprint density at radius 1 is 0.917 bits per heavy atom. The molecule has 0 aliphatic rings. The summed E-state index contributed by atoms with van der Waals surface area (Å²) in [6.45, 7) is 0.348. The van der Waals surface area contributed by atoms with Crippen LogP contribution < -0.4 is 14.8 Å². The minimum absolute atomic E-state index is 0.0198. The third kappa shape index (κ3) is 5.64. The van der Waals surface area contributed by atoms with Crippen LogP contribution in [-0.4, -0.2) is 24.1 Å². The van der Waals surface area contributed by atoms with Crippen molar-refractivity contribution < 1.29 is 24.2 Å². The van der Waals surface area contributed by atoms with Gasteiger partial charge in [0, 0.05) is 13.0 Å². The molecule has 0 heterocycles. The summed E-state index contributed by atoms with van der Waals surface area (Å²) in [4.78, 5) is 21.9. The van der Waals surface area contributed by atoms with Crippen molar-refractivity contribution in [2.24, 2.45) is 0 Å². The maximum atomic E-state index is 11.5. The number of aliphatic carboxylic acids is 1. The first-order valence-electron chi connectivity index (χ1n) is 7.46. The van der Waals surface area contributed by atoms with Gasteiger partial charge in [0.1, 0.15) is 17.2 Å². The molecule has 0 aliphatic heterocycles. The van der Waals surface area contributed by atoms with Crippen molar-refractivity contribution in [2.45, 2.75) is 19.4 Å². The highest BCUT2D eigenvalue weighted by atomic mass is 16.5. The van der Waals surface area contributed by atoms with Crippen LogP contribution in [0, 0.1) is 0 Å². The molecule has 2 aromatic carbocycles. The Labute approximate surface area is 140 Å². The molecule has 0 saturated heterocycles. The first-order chi connectivity index (χ1) is 11.6. The maximum Gasteiger partial charge on any atom is 0.303 e. The van der Waals surface area contributed by atoms with Crippen LogP contribution in [0.1, 0.15) is 18.4 Å². The lowest BCUT2D eigenvalue weighted by atomic mass is 10.2. The molecule has 0 aliphatic carbocycles. The lowest BCUT2D eigenvalue weighted by molar-refractivity contribution is -0.138. The third-order valence-electron chi connectivity index (χ3n) is 3.27. The van der Waals surface area contributed by atoms with Gasteiger partial charge in [-0.1, -0.05) is 12.1 Å². The van der Waals surface area contributed by atoms with Crippen LogP contribution in [-0.2, 0) is 16.1 Å². The average Bonchev–Trinajstić information content (AvgIpc) is 2.60. The van der Waals surface area contributed by atoms with E-state index in [0.717, 1.165) is 11.3 Å². The number of hydrogen-bond acceptors (Lipinski definition) is 4. The number of carbonyl (C=O) groups is 2. The topological polar surface area (TPSA) is 84.9 Å². The van der Waals surface area contributed by atoms with Gasteiger partial charge in [0.2, 0.25) is 5.91 Å². The van der Waals surface area contributed by atoms with Crippen molar-refractivity contribution in [3.63, 3.8) is 0 Å². The normalized spacial score (nSPS) is 10.0. The van der Waals surface area contributed by atoms with Crippen LogP contribution in [0.4, 0.5) is 0 Å². The molecule has 0 saturated carbocycles. The number of nitrogens with one attached hydrogen (secondary N) is 1. The van der Waals surface area contributed by atoms with E-state index in [4.69, 9.17) is 14.6 Å². The Morgan fingerprint density at radius 2 is 1.46 bits per heavy atom. The molecule has 2 rings (SSSR count). The molecule has 0 fully saturated rings. The van der Waals surface area contributed by atoms with Gasteiger partial charge in [0.15, 0.2) is 0 Å². The fourth-order valence-electron chi connectivity index (χ4n) is 1.96. The number of benzene rings is 2. The van der Waals surface area contributed by atoms with E-state index in [-0.39, 0.29) is 18.7 Å². The summed E-state index contributed by atoms with van der Waals surface area (Å²) in [6, 6.07) is 14.6. The summed E-state index contributed by atoms with van der Waals surface area (Å²) in [5, 5.41) is 11.2. The van der Waals surface area contributed by atoms with Crippen LogP contribution in [0.25, 0.3) is 0 Å². The molecule has 0 bridgehead atoms. The van der Waals surface area contributed by atoms with Crippen molar-refractivity contribution in [3.05, 3.63) is 54.1 Å². The van der Waals surface area contributed by atoms with Gasteiger partial charge >= 0.3 is 5.97 Å². The van der Waals surface area contributed by atoms with E-state index in [1.54, 1.807) is 7.11 Å². The van der Waals surface area contributed by atoms with Crippen LogP contribution in [0.5, 0.6) is 17.2 Å². The molecule has 0 aromatic heterocycles. The van der Waals surface area contributed by atoms with E-state index in [1.165, 1.54) is 0 Å². The van der Waals surface area contributed by atoms with Crippen molar-refractivity contribution >= 4 is 11.9 Å². The van der Waals surface area contributed by atoms with Crippen molar-refractivity contribution in [1.29, 1.82) is 0 Å². The lowest BCUT2D eigenvalue weighted by Gasteiger charge is -2.08. The number of carboxylic acid groups (broad SMARTS) is 1. The second kappa shape index (κ2) is 8.57. The summed E-state index contributed by atoms with van der Waals surface area (Å²) >= 11 is 0. The van der Waals surface area contributed by atoms with E-state index in [9.17, 15) is 9.59 Å². The average molecular weight is 329 g/mol. The van der Waals surface area contributed by atoms with Gasteiger partial charge in [-0.2, -0.15) is 0 Å². The number of carboxylic acids is 1. The zero-order valence-corrected chi connectivity index (χ0v) is 13.3.